The first-order valence-corrected chi connectivity index (χ1v) is 4.56. The minimum absolute atomic E-state index is 0.0165. The van der Waals surface area contributed by atoms with Gasteiger partial charge in [0.2, 0.25) is 0 Å². The predicted molar refractivity (Wildman–Crippen MR) is 44.8 cm³/mol. The molecule has 0 amide bonds. The van der Waals surface area contributed by atoms with Crippen LogP contribution in [0.5, 0.6) is 0 Å². The van der Waals surface area contributed by atoms with Gasteiger partial charge in [0.05, 0.1) is 0 Å². The molecule has 3 N–H and O–H groups in total. The second-order valence-electron chi connectivity index (χ2n) is 2.81. The van der Waals surface area contributed by atoms with Gasteiger partial charge in [-0.25, -0.2) is 0 Å². The maximum Gasteiger partial charge on any atom is 0.156 e. The molecular formula is C7H10N2OS. The smallest absolute Gasteiger partial charge is 0.156 e. The van der Waals surface area contributed by atoms with Crippen molar-refractivity contribution in [2.24, 2.45) is 5.73 Å². The summed E-state index contributed by atoms with van der Waals surface area (Å²) in [5.74, 6) is 0.236. The van der Waals surface area contributed by atoms with Gasteiger partial charge in [-0.2, -0.15) is 0 Å². The Morgan fingerprint density at radius 1 is 1.73 bits per heavy atom. The van der Waals surface area contributed by atoms with E-state index >= 15 is 0 Å². The van der Waals surface area contributed by atoms with Crippen molar-refractivity contribution in [3.63, 3.8) is 0 Å². The van der Waals surface area contributed by atoms with Gasteiger partial charge in [0.15, 0.2) is 5.78 Å². The minimum Gasteiger partial charge on any atom is -0.307 e. The van der Waals surface area contributed by atoms with Gasteiger partial charge in [-0.1, -0.05) is 11.8 Å². The molecule has 2 unspecified atom stereocenters. The van der Waals surface area contributed by atoms with Crippen LogP contribution in [0.4, 0.5) is 0 Å². The van der Waals surface area contributed by atoms with Gasteiger partial charge in [0.1, 0.15) is 5.50 Å². The van der Waals surface area contributed by atoms with Crippen LogP contribution in [0.2, 0.25) is 0 Å². The first kappa shape index (κ1) is 7.34. The zero-order chi connectivity index (χ0) is 7.84. The molecule has 4 heteroatoms. The molecule has 2 aliphatic rings. The average Bonchev–Trinajstić information content (AvgIpc) is 2.27. The van der Waals surface area contributed by atoms with E-state index in [0.29, 0.717) is 12.5 Å². The SMILES string of the molecule is NC1NC2CCC(=O)C=C2S1. The van der Waals surface area contributed by atoms with Crippen molar-refractivity contribution in [3.8, 4) is 0 Å². The number of thioether (sulfide) groups is 1. The Hall–Kier alpha value is -0.320. The van der Waals surface area contributed by atoms with Gasteiger partial charge in [-0.05, 0) is 12.5 Å². The van der Waals surface area contributed by atoms with Crippen molar-refractivity contribution >= 4 is 17.5 Å². The highest BCUT2D eigenvalue weighted by molar-refractivity contribution is 8.04. The molecule has 1 aliphatic heterocycles. The van der Waals surface area contributed by atoms with Gasteiger partial charge < -0.3 is 5.73 Å². The van der Waals surface area contributed by atoms with E-state index in [2.05, 4.69) is 5.32 Å². The number of ketones is 1. The van der Waals surface area contributed by atoms with E-state index in [-0.39, 0.29) is 11.3 Å². The molecule has 1 saturated heterocycles. The van der Waals surface area contributed by atoms with Crippen LogP contribution in [-0.4, -0.2) is 17.3 Å². The Balaban J connectivity index is 2.20. The summed E-state index contributed by atoms with van der Waals surface area (Å²) in [6.07, 6.45) is 3.29. The quantitative estimate of drug-likeness (QED) is 0.544. The molecule has 0 spiro atoms. The number of hydrogen-bond acceptors (Lipinski definition) is 4. The van der Waals surface area contributed by atoms with E-state index < -0.39 is 0 Å². The zero-order valence-electron chi connectivity index (χ0n) is 6.04. The summed E-state index contributed by atoms with van der Waals surface area (Å²) in [5.41, 5.74) is 5.62. The van der Waals surface area contributed by atoms with Crippen LogP contribution in [-0.2, 0) is 4.79 Å². The lowest BCUT2D eigenvalue weighted by Gasteiger charge is -2.14. The summed E-state index contributed by atoms with van der Waals surface area (Å²) in [4.78, 5) is 12.1. The Kier molecular flexibility index (Phi) is 1.75. The third-order valence-electron chi connectivity index (χ3n) is 1.95. The number of allylic oxidation sites excluding steroid dienone is 1. The van der Waals surface area contributed by atoms with E-state index in [0.717, 1.165) is 11.3 Å². The lowest BCUT2D eigenvalue weighted by atomic mass is 10.0. The number of nitrogens with two attached hydrogens (primary N) is 1. The van der Waals surface area contributed by atoms with Crippen LogP contribution in [0.1, 0.15) is 12.8 Å². The molecule has 0 aromatic heterocycles. The van der Waals surface area contributed by atoms with Crippen molar-refractivity contribution in [2.75, 3.05) is 0 Å². The van der Waals surface area contributed by atoms with Gasteiger partial charge in [0.25, 0.3) is 0 Å². The van der Waals surface area contributed by atoms with Crippen molar-refractivity contribution < 1.29 is 4.79 Å². The number of fused-ring (bicyclic) bond motifs is 1. The number of carbonyl (C=O) groups is 1. The van der Waals surface area contributed by atoms with Gasteiger partial charge >= 0.3 is 0 Å². The summed E-state index contributed by atoms with van der Waals surface area (Å²) < 4.78 is 0. The molecular weight excluding hydrogens is 160 g/mol. The molecule has 0 radical (unpaired) electrons. The van der Waals surface area contributed by atoms with Gasteiger partial charge in [-0.15, -0.1) is 0 Å². The van der Waals surface area contributed by atoms with Crippen molar-refractivity contribution in [2.45, 2.75) is 24.4 Å². The molecule has 0 aromatic carbocycles. The second-order valence-corrected chi connectivity index (χ2v) is 4.02. The molecule has 0 aromatic rings. The fourth-order valence-corrected chi connectivity index (χ4v) is 2.50. The third-order valence-corrected chi connectivity index (χ3v) is 3.02. The number of carbonyl (C=O) groups excluding carboxylic acids is 1. The molecule has 1 fully saturated rings. The molecule has 3 nitrogen and oxygen atoms in total. The van der Waals surface area contributed by atoms with Crippen LogP contribution in [0.3, 0.4) is 0 Å². The van der Waals surface area contributed by atoms with Gasteiger partial charge in [0, 0.05) is 17.4 Å². The normalized spacial score (nSPS) is 36.8. The molecule has 2 rings (SSSR count). The molecule has 0 saturated carbocycles. The Morgan fingerprint density at radius 3 is 3.36 bits per heavy atom. The standard InChI is InChI=1S/C7H10N2OS/c8-7-9-5-2-1-4(10)3-6(5)11-7/h3,5,7,9H,1-2,8H2. The monoisotopic (exact) mass is 170 g/mol. The topological polar surface area (TPSA) is 55.1 Å². The molecule has 11 heavy (non-hydrogen) atoms. The largest absolute Gasteiger partial charge is 0.307 e. The van der Waals surface area contributed by atoms with Crippen LogP contribution < -0.4 is 11.1 Å². The van der Waals surface area contributed by atoms with Crippen molar-refractivity contribution in [1.29, 1.82) is 0 Å². The molecule has 60 valence electrons. The second kappa shape index (κ2) is 2.62. The lowest BCUT2D eigenvalue weighted by molar-refractivity contribution is -0.115. The average molecular weight is 170 g/mol. The zero-order valence-corrected chi connectivity index (χ0v) is 6.86. The Bertz CT molecular complexity index is 226. The maximum absolute atomic E-state index is 11.0. The van der Waals surface area contributed by atoms with Gasteiger partial charge in [-0.3, -0.25) is 10.1 Å². The number of hydrogen-bond donors (Lipinski definition) is 2. The number of nitrogens with one attached hydrogen (secondary N) is 1. The van der Waals surface area contributed by atoms with E-state index in [1.165, 1.54) is 0 Å². The van der Waals surface area contributed by atoms with E-state index in [1.54, 1.807) is 17.8 Å². The predicted octanol–water partition coefficient (Wildman–Crippen LogP) is 0.181. The number of rotatable bonds is 0. The summed E-state index contributed by atoms with van der Waals surface area (Å²) in [7, 11) is 0. The molecule has 1 heterocycles. The maximum atomic E-state index is 11.0. The highest BCUT2D eigenvalue weighted by Gasteiger charge is 2.30. The van der Waals surface area contributed by atoms with Crippen molar-refractivity contribution in [3.05, 3.63) is 11.0 Å². The van der Waals surface area contributed by atoms with E-state index in [1.807, 2.05) is 0 Å². The van der Waals surface area contributed by atoms with Crippen LogP contribution in [0.15, 0.2) is 11.0 Å². The van der Waals surface area contributed by atoms with E-state index in [4.69, 9.17) is 5.73 Å². The summed E-state index contributed by atoms with van der Waals surface area (Å²) in [6.45, 7) is 0. The highest BCUT2D eigenvalue weighted by atomic mass is 32.2. The first-order valence-electron chi connectivity index (χ1n) is 3.68. The van der Waals surface area contributed by atoms with Crippen LogP contribution in [0, 0.1) is 0 Å². The summed E-state index contributed by atoms with van der Waals surface area (Å²) in [6, 6.07) is 0.354. The summed E-state index contributed by atoms with van der Waals surface area (Å²) in [5, 5.41) is 3.20. The fourth-order valence-electron chi connectivity index (χ4n) is 1.42. The third kappa shape index (κ3) is 1.34. The van der Waals surface area contributed by atoms with E-state index in [9.17, 15) is 4.79 Å². The first-order chi connectivity index (χ1) is 5.25. The van der Waals surface area contributed by atoms with Crippen molar-refractivity contribution in [1.82, 2.24) is 5.32 Å². The van der Waals surface area contributed by atoms with Crippen LogP contribution in [0.25, 0.3) is 0 Å². The van der Waals surface area contributed by atoms with Crippen LogP contribution >= 0.6 is 11.8 Å². The Labute approximate surface area is 69.4 Å². The molecule has 2 atom stereocenters. The molecule has 1 aliphatic carbocycles. The minimum atomic E-state index is -0.0165. The lowest BCUT2D eigenvalue weighted by Crippen LogP contribution is -2.35. The summed E-state index contributed by atoms with van der Waals surface area (Å²) >= 11 is 1.56. The fraction of sp³-hybridized carbons (Fsp3) is 0.571. The molecule has 0 bridgehead atoms. The highest BCUT2D eigenvalue weighted by Crippen LogP contribution is 2.33. The Morgan fingerprint density at radius 2 is 2.55 bits per heavy atom.